The smallest absolute Gasteiger partial charge is 0.338 e. The Morgan fingerprint density at radius 3 is 2.68 bits per heavy atom. The van der Waals surface area contributed by atoms with Crippen molar-refractivity contribution >= 4 is 12.0 Å². The number of nitrogens with one attached hydrogen (secondary N) is 2. The number of hydrogen-bond donors (Lipinski definition) is 2. The Bertz CT molecular complexity index is 1100. The number of hydrogen-bond acceptors (Lipinski definition) is 6. The predicted octanol–water partition coefficient (Wildman–Crippen LogP) is 3.47. The maximum absolute atomic E-state index is 13.1. The van der Waals surface area contributed by atoms with Gasteiger partial charge in [0.1, 0.15) is 13.2 Å². The summed E-state index contributed by atoms with van der Waals surface area (Å²) in [6.45, 7) is 4.43. The molecule has 2 N–H and O–H groups in total. The van der Waals surface area contributed by atoms with Crippen molar-refractivity contribution in [3.63, 3.8) is 0 Å². The maximum Gasteiger partial charge on any atom is 0.338 e. The molecule has 2 aromatic carbocycles. The highest BCUT2D eigenvalue weighted by molar-refractivity contribution is 5.95. The first-order chi connectivity index (χ1) is 16.6. The minimum Gasteiger partial charge on any atom is -0.486 e. The summed E-state index contributed by atoms with van der Waals surface area (Å²) in [6, 6.07) is 14.8. The average molecular weight is 464 g/mol. The molecule has 5 rings (SSSR count). The summed E-state index contributed by atoms with van der Waals surface area (Å²) in [5, 5.41) is 5.79. The zero-order valence-corrected chi connectivity index (χ0v) is 19.2. The quantitative estimate of drug-likeness (QED) is 0.638. The second-order valence-electron chi connectivity index (χ2n) is 8.59. The van der Waals surface area contributed by atoms with Crippen LogP contribution in [0.2, 0.25) is 0 Å². The molecule has 1 saturated heterocycles. The number of likely N-dealkylation sites (tertiary alicyclic amines) is 1. The van der Waals surface area contributed by atoms with Gasteiger partial charge in [-0.25, -0.2) is 9.59 Å². The molecule has 2 unspecified atom stereocenters. The standard InChI is InChI=1S/C26H29N3O5/c1-2-32-25(30)23-19(27-26(31)28-24(23)17-7-4-3-5-8-17)16-29-12-6-9-20(29)18-10-11-21-22(15-18)34-14-13-33-21/h3-5,7-8,10-11,15,20,24H,2,6,9,12-14,16H2,1H3,(H2,27,28,31). The molecule has 3 heterocycles. The van der Waals surface area contributed by atoms with Crippen molar-refractivity contribution in [1.29, 1.82) is 0 Å². The number of fused-ring (bicyclic) bond motifs is 1. The van der Waals surface area contributed by atoms with Crippen molar-refractivity contribution in [2.24, 2.45) is 0 Å². The highest BCUT2D eigenvalue weighted by atomic mass is 16.6. The van der Waals surface area contributed by atoms with Crippen molar-refractivity contribution < 1.29 is 23.8 Å². The minimum atomic E-state index is -0.570. The third-order valence-corrected chi connectivity index (χ3v) is 6.46. The lowest BCUT2D eigenvalue weighted by atomic mass is 9.94. The first-order valence-corrected chi connectivity index (χ1v) is 11.8. The molecule has 8 nitrogen and oxygen atoms in total. The van der Waals surface area contributed by atoms with E-state index in [9.17, 15) is 9.59 Å². The highest BCUT2D eigenvalue weighted by Gasteiger charge is 2.36. The molecule has 0 radical (unpaired) electrons. The van der Waals surface area contributed by atoms with Gasteiger partial charge in [0.05, 0.1) is 18.2 Å². The molecular weight excluding hydrogens is 434 g/mol. The number of nitrogens with zero attached hydrogens (tertiary/aromatic N) is 1. The number of carbonyl (C=O) groups excluding carboxylic acids is 2. The summed E-state index contributed by atoms with van der Waals surface area (Å²) >= 11 is 0. The van der Waals surface area contributed by atoms with Crippen LogP contribution < -0.4 is 20.1 Å². The number of carbonyl (C=O) groups is 2. The molecule has 0 bridgehead atoms. The van der Waals surface area contributed by atoms with Gasteiger partial charge in [-0.1, -0.05) is 36.4 Å². The van der Waals surface area contributed by atoms with Crippen LogP contribution in [-0.4, -0.2) is 49.8 Å². The van der Waals surface area contributed by atoms with Crippen LogP contribution in [0.4, 0.5) is 4.79 Å². The second-order valence-corrected chi connectivity index (χ2v) is 8.59. The summed E-state index contributed by atoms with van der Waals surface area (Å²) in [7, 11) is 0. The zero-order valence-electron chi connectivity index (χ0n) is 19.2. The summed E-state index contributed by atoms with van der Waals surface area (Å²) in [6.07, 6.45) is 2.01. The minimum absolute atomic E-state index is 0.147. The number of ether oxygens (including phenoxy) is 3. The van der Waals surface area contributed by atoms with Gasteiger partial charge in [-0.3, -0.25) is 4.90 Å². The van der Waals surface area contributed by atoms with Crippen molar-refractivity contribution in [2.75, 3.05) is 32.9 Å². The first-order valence-electron chi connectivity index (χ1n) is 11.8. The zero-order chi connectivity index (χ0) is 23.5. The normalized spacial score (nSPS) is 22.2. The van der Waals surface area contributed by atoms with Gasteiger partial charge in [0.25, 0.3) is 0 Å². The second kappa shape index (κ2) is 9.77. The number of rotatable bonds is 6. The lowest BCUT2D eigenvalue weighted by molar-refractivity contribution is -0.139. The Morgan fingerprint density at radius 1 is 1.09 bits per heavy atom. The van der Waals surface area contributed by atoms with Crippen molar-refractivity contribution in [3.8, 4) is 11.5 Å². The van der Waals surface area contributed by atoms with Gasteiger partial charge >= 0.3 is 12.0 Å². The van der Waals surface area contributed by atoms with Gasteiger partial charge in [-0.15, -0.1) is 0 Å². The lowest BCUT2D eigenvalue weighted by Crippen LogP contribution is -2.48. The Balaban J connectivity index is 1.47. The molecule has 0 aliphatic carbocycles. The molecule has 2 atom stereocenters. The molecule has 1 fully saturated rings. The first kappa shape index (κ1) is 22.3. The molecular formula is C26H29N3O5. The van der Waals surface area contributed by atoms with E-state index in [1.165, 1.54) is 0 Å². The molecule has 3 aliphatic rings. The molecule has 178 valence electrons. The van der Waals surface area contributed by atoms with Crippen LogP contribution in [0.5, 0.6) is 11.5 Å². The van der Waals surface area contributed by atoms with Crippen LogP contribution >= 0.6 is 0 Å². The molecule has 0 aromatic heterocycles. The maximum atomic E-state index is 13.1. The van der Waals surface area contributed by atoms with Gasteiger partial charge in [0.15, 0.2) is 11.5 Å². The molecule has 2 aromatic rings. The van der Waals surface area contributed by atoms with E-state index in [4.69, 9.17) is 14.2 Å². The fourth-order valence-electron chi connectivity index (χ4n) is 4.95. The van der Waals surface area contributed by atoms with Crippen LogP contribution in [-0.2, 0) is 9.53 Å². The predicted molar refractivity (Wildman–Crippen MR) is 125 cm³/mol. The van der Waals surface area contributed by atoms with Gasteiger partial charge in [0, 0.05) is 18.3 Å². The van der Waals surface area contributed by atoms with E-state index in [1.54, 1.807) is 6.92 Å². The van der Waals surface area contributed by atoms with Gasteiger partial charge < -0.3 is 24.8 Å². The molecule has 8 heteroatoms. The lowest BCUT2D eigenvalue weighted by Gasteiger charge is -2.33. The number of amides is 2. The number of urea groups is 1. The van der Waals surface area contributed by atoms with Crippen molar-refractivity contribution in [2.45, 2.75) is 31.8 Å². The average Bonchev–Trinajstić information content (AvgIpc) is 3.32. The van der Waals surface area contributed by atoms with Crippen LogP contribution in [0, 0.1) is 0 Å². The van der Waals surface area contributed by atoms with Gasteiger partial charge in [-0.05, 0) is 49.6 Å². The number of esters is 1. The highest BCUT2D eigenvalue weighted by Crippen LogP contribution is 2.39. The van der Waals surface area contributed by atoms with Gasteiger partial charge in [-0.2, -0.15) is 0 Å². The molecule has 0 saturated carbocycles. The molecule has 2 amide bonds. The summed E-state index contributed by atoms with van der Waals surface area (Å²) in [4.78, 5) is 28.0. The third-order valence-electron chi connectivity index (χ3n) is 6.46. The van der Waals surface area contributed by atoms with Crippen LogP contribution in [0.3, 0.4) is 0 Å². The third kappa shape index (κ3) is 4.46. The molecule has 3 aliphatic heterocycles. The van der Waals surface area contributed by atoms with E-state index in [-0.39, 0.29) is 18.7 Å². The monoisotopic (exact) mass is 463 g/mol. The fraction of sp³-hybridized carbons (Fsp3) is 0.385. The van der Waals surface area contributed by atoms with E-state index < -0.39 is 12.0 Å². The summed E-state index contributed by atoms with van der Waals surface area (Å²) in [5.74, 6) is 1.11. The van der Waals surface area contributed by atoms with E-state index in [0.717, 1.165) is 42.0 Å². The van der Waals surface area contributed by atoms with Crippen molar-refractivity contribution in [3.05, 3.63) is 70.9 Å². The van der Waals surface area contributed by atoms with E-state index >= 15 is 0 Å². The Kier molecular flexibility index (Phi) is 6.40. The van der Waals surface area contributed by atoms with E-state index in [2.05, 4.69) is 21.6 Å². The largest absolute Gasteiger partial charge is 0.486 e. The number of benzene rings is 2. The Labute approximate surface area is 198 Å². The Morgan fingerprint density at radius 2 is 1.88 bits per heavy atom. The fourth-order valence-corrected chi connectivity index (χ4v) is 4.95. The van der Waals surface area contributed by atoms with Crippen LogP contribution in [0.1, 0.15) is 43.0 Å². The van der Waals surface area contributed by atoms with Crippen LogP contribution in [0.15, 0.2) is 59.8 Å². The Hall–Kier alpha value is -3.52. The molecule has 0 spiro atoms. The summed E-state index contributed by atoms with van der Waals surface area (Å²) in [5.41, 5.74) is 3.00. The van der Waals surface area contributed by atoms with Crippen LogP contribution in [0.25, 0.3) is 0 Å². The molecule has 34 heavy (non-hydrogen) atoms. The van der Waals surface area contributed by atoms with E-state index in [1.807, 2.05) is 42.5 Å². The summed E-state index contributed by atoms with van der Waals surface area (Å²) < 4.78 is 16.8. The van der Waals surface area contributed by atoms with E-state index in [0.29, 0.717) is 31.0 Å². The topological polar surface area (TPSA) is 89.1 Å². The van der Waals surface area contributed by atoms with Gasteiger partial charge in [0.2, 0.25) is 0 Å². The van der Waals surface area contributed by atoms with Crippen molar-refractivity contribution in [1.82, 2.24) is 15.5 Å². The SMILES string of the molecule is CCOC(=O)C1=C(CN2CCCC2c2ccc3c(c2)OCCO3)NC(=O)NC1c1ccccc1.